The monoisotopic (exact) mass is 314 g/mol. The molecule has 2 aromatic heterocycles. The molecule has 1 aromatic carbocycles. The summed E-state index contributed by atoms with van der Waals surface area (Å²) < 4.78 is 1.65. The molecule has 0 fully saturated rings. The molecule has 0 atom stereocenters. The molecule has 2 heterocycles. The van der Waals surface area contributed by atoms with E-state index < -0.39 is 0 Å². The average Bonchev–Trinajstić information content (AvgIpc) is 3.01. The van der Waals surface area contributed by atoms with Gasteiger partial charge in [-0.2, -0.15) is 0 Å². The number of nitrogens with one attached hydrogen (secondary N) is 1. The van der Waals surface area contributed by atoms with E-state index in [-0.39, 0.29) is 11.5 Å². The number of hydrogen-bond donors (Lipinski definition) is 1. The number of aryl methyl sites for hydroxylation is 2. The first-order valence-corrected chi connectivity index (χ1v) is 7.70. The smallest absolute Gasteiger partial charge is 0.272 e. The molecule has 0 unspecified atom stereocenters. The summed E-state index contributed by atoms with van der Waals surface area (Å²) in [6.07, 6.45) is 1.63. The van der Waals surface area contributed by atoms with Crippen molar-refractivity contribution in [3.05, 3.63) is 51.4 Å². The molecule has 6 nitrogen and oxygen atoms in total. The number of amides is 1. The van der Waals surface area contributed by atoms with E-state index in [0.717, 1.165) is 5.52 Å². The summed E-state index contributed by atoms with van der Waals surface area (Å²) in [5, 5.41) is 5.07. The van der Waals surface area contributed by atoms with Crippen LogP contribution < -0.4 is 10.9 Å². The number of benzene rings is 1. The zero-order valence-electron chi connectivity index (χ0n) is 12.2. The van der Waals surface area contributed by atoms with Gasteiger partial charge in [-0.1, -0.05) is 0 Å². The van der Waals surface area contributed by atoms with E-state index in [2.05, 4.69) is 15.3 Å². The minimum Gasteiger partial charge on any atom is -0.305 e. The molecule has 0 saturated carbocycles. The van der Waals surface area contributed by atoms with Crippen molar-refractivity contribution in [1.29, 1.82) is 0 Å². The molecule has 0 saturated heterocycles. The van der Waals surface area contributed by atoms with Gasteiger partial charge in [0.2, 0.25) is 0 Å². The van der Waals surface area contributed by atoms with E-state index in [9.17, 15) is 9.59 Å². The third-order valence-corrected chi connectivity index (χ3v) is 4.03. The van der Waals surface area contributed by atoms with Gasteiger partial charge in [0.1, 0.15) is 5.69 Å². The van der Waals surface area contributed by atoms with Gasteiger partial charge in [0.15, 0.2) is 5.13 Å². The Morgan fingerprint density at radius 1 is 1.41 bits per heavy atom. The van der Waals surface area contributed by atoms with Gasteiger partial charge < -0.3 is 4.57 Å². The minimum absolute atomic E-state index is 0.102. The average molecular weight is 314 g/mol. The minimum atomic E-state index is -0.245. The highest BCUT2D eigenvalue weighted by Gasteiger charge is 2.12. The molecule has 0 aliphatic rings. The molecule has 0 bridgehead atoms. The van der Waals surface area contributed by atoms with Crippen LogP contribution in [0.3, 0.4) is 0 Å². The molecule has 0 aliphatic carbocycles. The number of nitrogens with zero attached hydrogens (tertiary/aromatic N) is 3. The highest BCUT2D eigenvalue weighted by molar-refractivity contribution is 7.13. The molecule has 1 amide bonds. The largest absolute Gasteiger partial charge is 0.305 e. The maximum absolute atomic E-state index is 12.2. The van der Waals surface area contributed by atoms with Gasteiger partial charge in [-0.3, -0.25) is 14.9 Å². The molecule has 0 spiro atoms. The first-order chi connectivity index (χ1) is 10.6. The lowest BCUT2D eigenvalue weighted by molar-refractivity contribution is 0.102. The number of carbonyl (C=O) groups is 1. The fourth-order valence-electron chi connectivity index (χ4n) is 2.28. The normalized spacial score (nSPS) is 10.8. The molecule has 1 N–H and O–H groups in total. The Balaban J connectivity index is 2.05. The Morgan fingerprint density at radius 3 is 2.91 bits per heavy atom. The van der Waals surface area contributed by atoms with E-state index in [1.165, 1.54) is 11.3 Å². The van der Waals surface area contributed by atoms with E-state index in [0.29, 0.717) is 28.5 Å². The third kappa shape index (κ3) is 2.50. The summed E-state index contributed by atoms with van der Waals surface area (Å²) in [5.41, 5.74) is 2.16. The highest BCUT2D eigenvalue weighted by Crippen LogP contribution is 2.16. The van der Waals surface area contributed by atoms with E-state index in [4.69, 9.17) is 0 Å². The first-order valence-electron chi connectivity index (χ1n) is 6.82. The summed E-state index contributed by atoms with van der Waals surface area (Å²) >= 11 is 1.36. The fourth-order valence-corrected chi connectivity index (χ4v) is 2.81. The van der Waals surface area contributed by atoms with Gasteiger partial charge in [-0.15, -0.1) is 11.3 Å². The van der Waals surface area contributed by atoms with Crippen LogP contribution in [-0.2, 0) is 6.54 Å². The summed E-state index contributed by atoms with van der Waals surface area (Å²) in [6.45, 7) is 4.14. The van der Waals surface area contributed by atoms with Gasteiger partial charge >= 0.3 is 0 Å². The SMILES string of the molecule is CCn1c(=O)c(C)nc2cc(C(=O)Nc3nccs3)ccc21. The highest BCUT2D eigenvalue weighted by atomic mass is 32.1. The lowest BCUT2D eigenvalue weighted by Gasteiger charge is -2.10. The van der Waals surface area contributed by atoms with Crippen LogP contribution in [0.4, 0.5) is 5.13 Å². The summed E-state index contributed by atoms with van der Waals surface area (Å²) in [6, 6.07) is 5.13. The van der Waals surface area contributed by atoms with Crippen LogP contribution in [0.15, 0.2) is 34.6 Å². The van der Waals surface area contributed by atoms with E-state index in [1.54, 1.807) is 41.3 Å². The molecule has 0 radical (unpaired) electrons. The standard InChI is InChI=1S/C15H14N4O2S/c1-3-19-12-5-4-10(8-11(12)17-9(2)14(19)21)13(20)18-15-16-6-7-22-15/h4-8H,3H2,1-2H3,(H,16,18,20). The van der Waals surface area contributed by atoms with Gasteiger partial charge in [-0.05, 0) is 32.0 Å². The quantitative estimate of drug-likeness (QED) is 0.805. The molecular weight excluding hydrogens is 300 g/mol. The van der Waals surface area contributed by atoms with Crippen LogP contribution in [-0.4, -0.2) is 20.4 Å². The van der Waals surface area contributed by atoms with Crippen molar-refractivity contribution < 1.29 is 4.79 Å². The van der Waals surface area contributed by atoms with Crippen LogP contribution in [0, 0.1) is 6.92 Å². The molecule has 3 aromatic rings. The van der Waals surface area contributed by atoms with Gasteiger partial charge in [0, 0.05) is 23.7 Å². The van der Waals surface area contributed by atoms with Crippen LogP contribution in [0.25, 0.3) is 11.0 Å². The predicted molar refractivity (Wildman–Crippen MR) is 86.5 cm³/mol. The Bertz CT molecular complexity index is 900. The zero-order chi connectivity index (χ0) is 15.7. The summed E-state index contributed by atoms with van der Waals surface area (Å²) in [5.74, 6) is -0.245. The second kappa shape index (κ2) is 5.69. The predicted octanol–water partition coefficient (Wildman–Crippen LogP) is 2.43. The number of hydrogen-bond acceptors (Lipinski definition) is 5. The molecule has 112 valence electrons. The van der Waals surface area contributed by atoms with Crippen molar-refractivity contribution in [1.82, 2.24) is 14.5 Å². The maximum Gasteiger partial charge on any atom is 0.272 e. The van der Waals surface area contributed by atoms with Crippen molar-refractivity contribution in [3.8, 4) is 0 Å². The second-order valence-electron chi connectivity index (χ2n) is 4.74. The van der Waals surface area contributed by atoms with Crippen molar-refractivity contribution in [2.75, 3.05) is 5.32 Å². The summed E-state index contributed by atoms with van der Waals surface area (Å²) in [4.78, 5) is 32.6. The van der Waals surface area contributed by atoms with E-state index in [1.807, 2.05) is 6.92 Å². The fraction of sp³-hybridized carbons (Fsp3) is 0.200. The molecule has 22 heavy (non-hydrogen) atoms. The number of aromatic nitrogens is 3. The number of anilines is 1. The Morgan fingerprint density at radius 2 is 2.23 bits per heavy atom. The van der Waals surface area contributed by atoms with Crippen molar-refractivity contribution in [2.45, 2.75) is 20.4 Å². The van der Waals surface area contributed by atoms with Crippen LogP contribution in [0.5, 0.6) is 0 Å². The van der Waals surface area contributed by atoms with Gasteiger partial charge in [-0.25, -0.2) is 9.97 Å². The molecule has 3 rings (SSSR count). The number of fused-ring (bicyclic) bond motifs is 1. The van der Waals surface area contributed by atoms with Gasteiger partial charge in [0.25, 0.3) is 11.5 Å². The van der Waals surface area contributed by atoms with Crippen LogP contribution in [0.2, 0.25) is 0 Å². The topological polar surface area (TPSA) is 76.9 Å². The maximum atomic E-state index is 12.2. The number of thiazole rings is 1. The molecule has 0 aliphatic heterocycles. The van der Waals surface area contributed by atoms with E-state index >= 15 is 0 Å². The van der Waals surface area contributed by atoms with Crippen LogP contribution in [0.1, 0.15) is 23.0 Å². The lowest BCUT2D eigenvalue weighted by atomic mass is 10.1. The Hall–Kier alpha value is -2.54. The number of rotatable bonds is 3. The van der Waals surface area contributed by atoms with Gasteiger partial charge in [0.05, 0.1) is 11.0 Å². The van der Waals surface area contributed by atoms with Crippen molar-refractivity contribution in [3.63, 3.8) is 0 Å². The number of carbonyl (C=O) groups excluding carboxylic acids is 1. The zero-order valence-corrected chi connectivity index (χ0v) is 13.0. The third-order valence-electron chi connectivity index (χ3n) is 3.34. The van der Waals surface area contributed by atoms with Crippen molar-refractivity contribution >= 4 is 33.4 Å². The Kier molecular flexibility index (Phi) is 3.72. The van der Waals surface area contributed by atoms with Crippen molar-refractivity contribution in [2.24, 2.45) is 0 Å². The lowest BCUT2D eigenvalue weighted by Crippen LogP contribution is -2.23. The first kappa shape index (κ1) is 14.4. The molecule has 7 heteroatoms. The summed E-state index contributed by atoms with van der Waals surface area (Å²) in [7, 11) is 0. The second-order valence-corrected chi connectivity index (χ2v) is 5.64. The Labute approximate surface area is 130 Å². The van der Waals surface area contributed by atoms with Crippen LogP contribution >= 0.6 is 11.3 Å². The molecular formula is C15H14N4O2S.